The molecule has 0 radical (unpaired) electrons. The number of nitrogens with zero attached hydrogens (tertiary/aromatic N) is 3. The van der Waals surface area contributed by atoms with Crippen molar-refractivity contribution in [2.75, 3.05) is 39.3 Å². The van der Waals surface area contributed by atoms with E-state index in [1.54, 1.807) is 13.1 Å². The number of carbonyl (C=O) groups excluding carboxylic acids is 1. The SMILES string of the molecule is C[C@H]1C[C@H](C)CN(CCCNC(=O)C2CCN(S(=O)(=O)c3ccc4c(c3)oc(=O)n4C)CC2)C1. The van der Waals surface area contributed by atoms with Crippen molar-refractivity contribution in [2.24, 2.45) is 24.8 Å². The lowest BCUT2D eigenvalue weighted by molar-refractivity contribution is -0.126. The Bertz CT molecular complexity index is 1170. The molecule has 0 bridgehead atoms. The predicted octanol–water partition coefficient (Wildman–Crippen LogP) is 2.02. The summed E-state index contributed by atoms with van der Waals surface area (Å²) >= 11 is 0. The first-order chi connectivity index (χ1) is 16.1. The third kappa shape index (κ3) is 5.39. The summed E-state index contributed by atoms with van der Waals surface area (Å²) in [5.41, 5.74) is 0.792. The number of hydrogen-bond acceptors (Lipinski definition) is 6. The maximum atomic E-state index is 13.1. The summed E-state index contributed by atoms with van der Waals surface area (Å²) in [6.07, 6.45) is 3.21. The number of carbonyl (C=O) groups is 1. The first-order valence-electron chi connectivity index (χ1n) is 12.2. The monoisotopic (exact) mass is 492 g/mol. The molecule has 2 atom stereocenters. The molecule has 0 aliphatic carbocycles. The standard InChI is InChI=1S/C24H36N4O5S/c1-17-13-18(2)16-27(15-17)10-4-9-25-23(29)19-7-11-28(12-8-19)34(31,32)20-5-6-21-22(14-20)33-24(30)26(21)3/h5-6,14,17-19H,4,7-13,15-16H2,1-3H3,(H,25,29)/t17-,18-/m0/s1. The molecule has 34 heavy (non-hydrogen) atoms. The van der Waals surface area contributed by atoms with E-state index >= 15 is 0 Å². The van der Waals surface area contributed by atoms with Gasteiger partial charge in [0.15, 0.2) is 5.58 Å². The van der Waals surface area contributed by atoms with E-state index in [2.05, 4.69) is 24.1 Å². The number of likely N-dealkylation sites (tertiary alicyclic amines) is 1. The second-order valence-electron chi connectivity index (χ2n) is 10.1. The van der Waals surface area contributed by atoms with Gasteiger partial charge in [-0.15, -0.1) is 0 Å². The average Bonchev–Trinajstić information content (AvgIpc) is 3.09. The minimum Gasteiger partial charge on any atom is -0.408 e. The number of fused-ring (bicyclic) bond motifs is 1. The Morgan fingerprint density at radius 1 is 1.15 bits per heavy atom. The number of nitrogens with one attached hydrogen (secondary N) is 1. The molecule has 1 aromatic heterocycles. The van der Waals surface area contributed by atoms with Crippen LogP contribution >= 0.6 is 0 Å². The molecule has 9 nitrogen and oxygen atoms in total. The maximum Gasteiger partial charge on any atom is 0.419 e. The lowest BCUT2D eigenvalue weighted by atomic mass is 9.92. The first kappa shape index (κ1) is 24.9. The molecule has 0 spiro atoms. The van der Waals surface area contributed by atoms with Crippen LogP contribution in [0.25, 0.3) is 11.1 Å². The van der Waals surface area contributed by atoms with E-state index in [1.807, 2.05) is 0 Å². The van der Waals surface area contributed by atoms with Gasteiger partial charge in [-0.25, -0.2) is 13.2 Å². The molecule has 0 unspecified atom stereocenters. The van der Waals surface area contributed by atoms with Crippen molar-refractivity contribution in [1.29, 1.82) is 0 Å². The number of rotatable bonds is 7. The van der Waals surface area contributed by atoms with E-state index in [9.17, 15) is 18.0 Å². The molecule has 1 N–H and O–H groups in total. The Morgan fingerprint density at radius 2 is 1.82 bits per heavy atom. The van der Waals surface area contributed by atoms with Crippen molar-refractivity contribution in [2.45, 2.75) is 44.4 Å². The Kier molecular flexibility index (Phi) is 7.49. The van der Waals surface area contributed by atoms with Crippen LogP contribution in [-0.4, -0.2) is 67.4 Å². The summed E-state index contributed by atoms with van der Waals surface area (Å²) < 4.78 is 34.1. The number of hydrogen-bond donors (Lipinski definition) is 1. The van der Waals surface area contributed by atoms with E-state index in [0.717, 1.165) is 37.9 Å². The highest BCUT2D eigenvalue weighted by molar-refractivity contribution is 7.89. The Hall–Kier alpha value is -2.17. The smallest absolute Gasteiger partial charge is 0.408 e. The third-order valence-corrected chi connectivity index (χ3v) is 9.02. The molecular weight excluding hydrogens is 456 g/mol. The Balaban J connectivity index is 1.25. The van der Waals surface area contributed by atoms with Crippen molar-refractivity contribution in [3.8, 4) is 0 Å². The molecule has 2 aromatic rings. The largest absolute Gasteiger partial charge is 0.419 e. The molecule has 1 aromatic carbocycles. The number of piperidine rings is 2. The number of sulfonamides is 1. The highest BCUT2D eigenvalue weighted by Gasteiger charge is 2.32. The second kappa shape index (κ2) is 10.2. The normalized spacial score (nSPS) is 23.4. The fourth-order valence-electron chi connectivity index (χ4n) is 5.42. The highest BCUT2D eigenvalue weighted by Crippen LogP contribution is 2.26. The third-order valence-electron chi connectivity index (χ3n) is 7.12. The van der Waals surface area contributed by atoms with Crippen LogP contribution in [0.1, 0.15) is 39.5 Å². The van der Waals surface area contributed by atoms with Crippen LogP contribution in [0.15, 0.2) is 32.3 Å². The van der Waals surface area contributed by atoms with Crippen molar-refractivity contribution < 1.29 is 17.6 Å². The van der Waals surface area contributed by atoms with Gasteiger partial charge in [0, 0.05) is 51.8 Å². The minimum atomic E-state index is -3.72. The summed E-state index contributed by atoms with van der Waals surface area (Å²) in [7, 11) is -2.15. The summed E-state index contributed by atoms with van der Waals surface area (Å²) in [6, 6.07) is 4.47. The van der Waals surface area contributed by atoms with Gasteiger partial charge in [0.25, 0.3) is 0 Å². The lowest BCUT2D eigenvalue weighted by Crippen LogP contribution is -2.43. The van der Waals surface area contributed by atoms with Gasteiger partial charge in [0.05, 0.1) is 10.4 Å². The van der Waals surface area contributed by atoms with Gasteiger partial charge in [-0.2, -0.15) is 4.31 Å². The molecule has 2 fully saturated rings. The zero-order chi connectivity index (χ0) is 24.5. The van der Waals surface area contributed by atoms with E-state index in [0.29, 0.717) is 38.0 Å². The molecular formula is C24H36N4O5S. The number of oxazole rings is 1. The van der Waals surface area contributed by atoms with Gasteiger partial charge in [0.2, 0.25) is 15.9 Å². The molecule has 0 saturated carbocycles. The molecule has 1 amide bonds. The fourth-order valence-corrected chi connectivity index (χ4v) is 6.90. The topological polar surface area (TPSA) is 105 Å². The van der Waals surface area contributed by atoms with E-state index in [1.165, 1.54) is 27.4 Å². The van der Waals surface area contributed by atoms with Crippen LogP contribution in [0.4, 0.5) is 0 Å². The molecule has 4 rings (SSSR count). The minimum absolute atomic E-state index is 0.0184. The Labute approximate surface area is 201 Å². The van der Waals surface area contributed by atoms with E-state index in [-0.39, 0.29) is 22.3 Å². The van der Waals surface area contributed by atoms with Crippen molar-refractivity contribution in [1.82, 2.24) is 19.1 Å². The van der Waals surface area contributed by atoms with Gasteiger partial charge >= 0.3 is 5.76 Å². The van der Waals surface area contributed by atoms with Crippen LogP contribution < -0.4 is 11.1 Å². The summed E-state index contributed by atoms with van der Waals surface area (Å²) in [4.78, 5) is 26.9. The Morgan fingerprint density at radius 3 is 2.50 bits per heavy atom. The lowest BCUT2D eigenvalue weighted by Gasteiger charge is -2.35. The molecule has 2 aliphatic heterocycles. The average molecular weight is 493 g/mol. The highest BCUT2D eigenvalue weighted by atomic mass is 32.2. The van der Waals surface area contributed by atoms with Crippen molar-refractivity contribution >= 4 is 27.0 Å². The number of benzene rings is 1. The van der Waals surface area contributed by atoms with Gasteiger partial charge in [0.1, 0.15) is 0 Å². The van der Waals surface area contributed by atoms with E-state index in [4.69, 9.17) is 4.42 Å². The van der Waals surface area contributed by atoms with Gasteiger partial charge < -0.3 is 14.6 Å². The number of amides is 1. The van der Waals surface area contributed by atoms with Gasteiger partial charge in [-0.3, -0.25) is 9.36 Å². The van der Waals surface area contributed by atoms with Crippen molar-refractivity contribution in [3.05, 3.63) is 28.7 Å². The maximum absolute atomic E-state index is 13.1. The van der Waals surface area contributed by atoms with Gasteiger partial charge in [-0.1, -0.05) is 13.8 Å². The predicted molar refractivity (Wildman–Crippen MR) is 130 cm³/mol. The molecule has 188 valence electrons. The van der Waals surface area contributed by atoms with Crippen LogP contribution in [0, 0.1) is 17.8 Å². The quantitative estimate of drug-likeness (QED) is 0.593. The van der Waals surface area contributed by atoms with Crippen LogP contribution in [0.3, 0.4) is 0 Å². The van der Waals surface area contributed by atoms with Crippen LogP contribution in [-0.2, 0) is 21.9 Å². The zero-order valence-electron chi connectivity index (χ0n) is 20.3. The van der Waals surface area contributed by atoms with E-state index < -0.39 is 15.8 Å². The van der Waals surface area contributed by atoms with Crippen LogP contribution in [0.5, 0.6) is 0 Å². The summed E-state index contributed by atoms with van der Waals surface area (Å²) in [5, 5.41) is 3.05. The number of aryl methyl sites for hydroxylation is 1. The molecule has 2 aliphatic rings. The second-order valence-corrected chi connectivity index (χ2v) is 12.0. The molecule has 10 heteroatoms. The molecule has 3 heterocycles. The zero-order valence-corrected chi connectivity index (χ0v) is 21.1. The summed E-state index contributed by atoms with van der Waals surface area (Å²) in [6.45, 7) is 9.10. The fraction of sp³-hybridized carbons (Fsp3) is 0.667. The molecule has 2 saturated heterocycles. The summed E-state index contributed by atoms with van der Waals surface area (Å²) in [5.74, 6) is 0.776. The number of aromatic nitrogens is 1. The first-order valence-corrected chi connectivity index (χ1v) is 13.7. The van der Waals surface area contributed by atoms with Gasteiger partial charge in [-0.05, 0) is 56.2 Å². The van der Waals surface area contributed by atoms with Crippen molar-refractivity contribution in [3.63, 3.8) is 0 Å². The van der Waals surface area contributed by atoms with Crippen LogP contribution in [0.2, 0.25) is 0 Å².